The fraction of sp³-hybridized carbons (Fsp3) is 0.200. The Kier molecular flexibility index (Phi) is 6.53. The van der Waals surface area contributed by atoms with Crippen molar-refractivity contribution < 1.29 is 36.2 Å². The lowest BCUT2D eigenvalue weighted by Gasteiger charge is -2.19. The SMILES string of the molecule is O=C(NC(CO)C(F)(F)F)c1cc(-c2ccc(C(F)(F)F)cc2)nn(-c2cccnc2)c1=O. The van der Waals surface area contributed by atoms with Crippen molar-refractivity contribution >= 4 is 5.91 Å². The van der Waals surface area contributed by atoms with E-state index in [2.05, 4.69) is 10.1 Å². The van der Waals surface area contributed by atoms with Crippen molar-refractivity contribution in [3.8, 4) is 16.9 Å². The predicted molar refractivity (Wildman–Crippen MR) is 102 cm³/mol. The first-order chi connectivity index (χ1) is 15.4. The van der Waals surface area contributed by atoms with E-state index < -0.39 is 47.6 Å². The maximum Gasteiger partial charge on any atom is 0.416 e. The van der Waals surface area contributed by atoms with E-state index in [1.54, 1.807) is 0 Å². The number of hydrogen-bond donors (Lipinski definition) is 2. The van der Waals surface area contributed by atoms with Gasteiger partial charge in [0.05, 0.1) is 29.7 Å². The largest absolute Gasteiger partial charge is 0.416 e. The molecule has 3 rings (SSSR count). The molecular weight excluding hydrogens is 458 g/mol. The lowest BCUT2D eigenvalue weighted by Crippen LogP contribution is -2.49. The molecule has 0 bridgehead atoms. The molecule has 0 aliphatic carbocycles. The fourth-order valence-electron chi connectivity index (χ4n) is 2.75. The van der Waals surface area contributed by atoms with Gasteiger partial charge in [0.15, 0.2) is 0 Å². The minimum absolute atomic E-state index is 0.0554. The molecule has 7 nitrogen and oxygen atoms in total. The van der Waals surface area contributed by atoms with Crippen LogP contribution in [0.15, 0.2) is 59.7 Å². The number of nitrogens with zero attached hydrogens (tertiary/aromatic N) is 3. The highest BCUT2D eigenvalue weighted by molar-refractivity contribution is 5.95. The standard InChI is InChI=1S/C20H14F6N4O3/c21-19(22,23)12-5-3-11(4-6-12)15-8-14(17(32)28-16(10-31)20(24,25)26)18(33)30(29-15)13-2-1-7-27-9-13/h1-9,16,31H,10H2,(H,28,32). The van der Waals surface area contributed by atoms with Crippen LogP contribution >= 0.6 is 0 Å². The van der Waals surface area contributed by atoms with Crippen LogP contribution in [0.1, 0.15) is 15.9 Å². The van der Waals surface area contributed by atoms with Crippen LogP contribution in [0.25, 0.3) is 16.9 Å². The zero-order valence-electron chi connectivity index (χ0n) is 16.4. The van der Waals surface area contributed by atoms with Crippen LogP contribution in [-0.2, 0) is 6.18 Å². The number of pyridine rings is 1. The van der Waals surface area contributed by atoms with Crippen molar-refractivity contribution in [2.45, 2.75) is 18.4 Å². The Morgan fingerprint density at radius 3 is 2.27 bits per heavy atom. The maximum atomic E-state index is 12.9. The van der Waals surface area contributed by atoms with E-state index in [-0.39, 0.29) is 16.9 Å². The van der Waals surface area contributed by atoms with E-state index in [9.17, 15) is 35.9 Å². The molecule has 1 amide bonds. The van der Waals surface area contributed by atoms with E-state index >= 15 is 0 Å². The quantitative estimate of drug-likeness (QED) is 0.557. The van der Waals surface area contributed by atoms with Crippen molar-refractivity contribution in [2.24, 2.45) is 0 Å². The maximum absolute atomic E-state index is 12.9. The van der Waals surface area contributed by atoms with Crippen LogP contribution in [0.3, 0.4) is 0 Å². The second-order valence-corrected chi connectivity index (χ2v) is 6.70. The first-order valence-corrected chi connectivity index (χ1v) is 9.12. The van der Waals surface area contributed by atoms with Gasteiger partial charge < -0.3 is 10.4 Å². The third-order valence-corrected chi connectivity index (χ3v) is 4.44. The van der Waals surface area contributed by atoms with Gasteiger partial charge in [-0.25, -0.2) is 0 Å². The smallest absolute Gasteiger partial charge is 0.394 e. The summed E-state index contributed by atoms with van der Waals surface area (Å²) in [7, 11) is 0. The zero-order chi connectivity index (χ0) is 24.4. The molecule has 3 aromatic rings. The molecule has 2 N–H and O–H groups in total. The van der Waals surface area contributed by atoms with E-state index in [4.69, 9.17) is 5.11 Å². The lowest BCUT2D eigenvalue weighted by atomic mass is 10.1. The highest BCUT2D eigenvalue weighted by Crippen LogP contribution is 2.30. The van der Waals surface area contributed by atoms with Crippen molar-refractivity contribution in [2.75, 3.05) is 6.61 Å². The third kappa shape index (κ3) is 5.37. The van der Waals surface area contributed by atoms with Gasteiger partial charge >= 0.3 is 12.4 Å². The molecule has 0 aliphatic heterocycles. The summed E-state index contributed by atoms with van der Waals surface area (Å²) in [5, 5.41) is 14.5. The molecule has 174 valence electrons. The van der Waals surface area contributed by atoms with Crippen LogP contribution in [0.4, 0.5) is 26.3 Å². The number of alkyl halides is 6. The van der Waals surface area contributed by atoms with Gasteiger partial charge in [0, 0.05) is 11.8 Å². The van der Waals surface area contributed by atoms with Gasteiger partial charge in [0.25, 0.3) is 11.5 Å². The van der Waals surface area contributed by atoms with Crippen LogP contribution < -0.4 is 10.9 Å². The summed E-state index contributed by atoms with van der Waals surface area (Å²) in [6.07, 6.45) is -7.03. The number of rotatable bonds is 5. The van der Waals surface area contributed by atoms with Crippen molar-refractivity contribution in [1.29, 1.82) is 0 Å². The topological polar surface area (TPSA) is 97.1 Å². The summed E-state index contributed by atoms with van der Waals surface area (Å²) < 4.78 is 78.1. The van der Waals surface area contributed by atoms with E-state index in [1.807, 2.05) is 0 Å². The number of aromatic nitrogens is 3. The summed E-state index contributed by atoms with van der Waals surface area (Å²) in [5.41, 5.74) is -2.88. The number of hydrogen-bond acceptors (Lipinski definition) is 5. The molecule has 0 radical (unpaired) electrons. The first kappa shape index (κ1) is 23.9. The number of aliphatic hydroxyl groups is 1. The summed E-state index contributed by atoms with van der Waals surface area (Å²) in [6, 6.07) is 4.61. The Labute approximate surface area is 181 Å². The average molecular weight is 472 g/mol. The highest BCUT2D eigenvalue weighted by atomic mass is 19.4. The van der Waals surface area contributed by atoms with Crippen LogP contribution in [-0.4, -0.2) is 44.6 Å². The Balaban J connectivity index is 2.13. The Morgan fingerprint density at radius 1 is 1.09 bits per heavy atom. The molecular formula is C20H14F6N4O3. The molecule has 33 heavy (non-hydrogen) atoms. The van der Waals surface area contributed by atoms with Crippen molar-refractivity contribution in [3.05, 3.63) is 76.3 Å². The van der Waals surface area contributed by atoms with Gasteiger partial charge in [-0.05, 0) is 30.3 Å². The van der Waals surface area contributed by atoms with Crippen molar-refractivity contribution in [1.82, 2.24) is 20.1 Å². The van der Waals surface area contributed by atoms with E-state index in [0.29, 0.717) is 4.68 Å². The number of benzene rings is 1. The predicted octanol–water partition coefficient (Wildman–Crippen LogP) is 2.97. The third-order valence-electron chi connectivity index (χ3n) is 4.44. The molecule has 13 heteroatoms. The minimum atomic E-state index is -4.99. The summed E-state index contributed by atoms with van der Waals surface area (Å²) >= 11 is 0. The highest BCUT2D eigenvalue weighted by Gasteiger charge is 2.40. The number of amides is 1. The zero-order valence-corrected chi connectivity index (χ0v) is 16.4. The van der Waals surface area contributed by atoms with Gasteiger partial charge in [0.1, 0.15) is 11.6 Å². The molecule has 1 aromatic carbocycles. The van der Waals surface area contributed by atoms with Crippen LogP contribution in [0, 0.1) is 0 Å². The van der Waals surface area contributed by atoms with Gasteiger partial charge in [-0.3, -0.25) is 14.6 Å². The lowest BCUT2D eigenvalue weighted by molar-refractivity contribution is -0.161. The Bertz CT molecular complexity index is 1190. The normalized spacial score (nSPS) is 12.9. The molecule has 0 saturated carbocycles. The van der Waals surface area contributed by atoms with Gasteiger partial charge in [-0.1, -0.05) is 12.1 Å². The van der Waals surface area contributed by atoms with Crippen LogP contribution in [0.2, 0.25) is 0 Å². The molecule has 1 unspecified atom stereocenters. The van der Waals surface area contributed by atoms with E-state index in [1.165, 1.54) is 29.8 Å². The van der Waals surface area contributed by atoms with Gasteiger partial charge in [0.2, 0.25) is 0 Å². The summed E-state index contributed by atoms with van der Waals surface area (Å²) in [4.78, 5) is 29.1. The minimum Gasteiger partial charge on any atom is -0.394 e. The first-order valence-electron chi connectivity index (χ1n) is 9.12. The van der Waals surface area contributed by atoms with Crippen LogP contribution in [0.5, 0.6) is 0 Å². The molecule has 0 aliphatic rings. The molecule has 0 fully saturated rings. The van der Waals surface area contributed by atoms with Gasteiger partial charge in [-0.2, -0.15) is 36.1 Å². The second-order valence-electron chi connectivity index (χ2n) is 6.70. The molecule has 2 aromatic heterocycles. The van der Waals surface area contributed by atoms with Crippen molar-refractivity contribution in [3.63, 3.8) is 0 Å². The number of aliphatic hydroxyl groups excluding tert-OH is 1. The average Bonchev–Trinajstić information content (AvgIpc) is 2.76. The van der Waals surface area contributed by atoms with E-state index in [0.717, 1.165) is 30.3 Å². The van der Waals surface area contributed by atoms with Gasteiger partial charge in [-0.15, -0.1) is 0 Å². The number of carbonyl (C=O) groups is 1. The Morgan fingerprint density at radius 2 is 1.76 bits per heavy atom. The monoisotopic (exact) mass is 472 g/mol. The second kappa shape index (κ2) is 9.02. The molecule has 0 spiro atoms. The number of nitrogens with one attached hydrogen (secondary N) is 1. The molecule has 0 saturated heterocycles. The number of carbonyl (C=O) groups excluding carboxylic acids is 1. The fourth-order valence-corrected chi connectivity index (χ4v) is 2.75. The Hall–Kier alpha value is -3.74. The summed E-state index contributed by atoms with van der Waals surface area (Å²) in [5.74, 6) is -1.45. The number of halogens is 6. The summed E-state index contributed by atoms with van der Waals surface area (Å²) in [6.45, 7) is -1.47. The molecule has 2 heterocycles. The molecule has 1 atom stereocenters.